The van der Waals surface area contributed by atoms with Crippen LogP contribution in [0.3, 0.4) is 0 Å². The highest BCUT2D eigenvalue weighted by Crippen LogP contribution is 2.22. The van der Waals surface area contributed by atoms with Crippen LogP contribution in [-0.2, 0) is 22.8 Å². The van der Waals surface area contributed by atoms with E-state index in [1.165, 1.54) is 11.3 Å². The SMILES string of the molecule is CN=c1scc(CN2CCN(C(=O)[C@H](NC(=O)Nc3ccc(CI)cc3)C(C)(C)C)CC2)n1C. The molecule has 0 unspecified atom stereocenters. The molecule has 10 heteroatoms. The molecule has 3 amide bonds. The lowest BCUT2D eigenvalue weighted by molar-refractivity contribution is -0.137. The van der Waals surface area contributed by atoms with E-state index >= 15 is 0 Å². The van der Waals surface area contributed by atoms with Gasteiger partial charge in [0.15, 0.2) is 4.80 Å². The average molecular weight is 599 g/mol. The fourth-order valence-electron chi connectivity index (χ4n) is 3.91. The number of aromatic nitrogens is 1. The van der Waals surface area contributed by atoms with Crippen LogP contribution in [0.5, 0.6) is 0 Å². The first-order valence-corrected chi connectivity index (χ1v) is 13.8. The van der Waals surface area contributed by atoms with Crippen molar-refractivity contribution in [1.82, 2.24) is 19.7 Å². The molecule has 186 valence electrons. The van der Waals surface area contributed by atoms with Crippen molar-refractivity contribution in [2.75, 3.05) is 38.5 Å². The molecule has 8 nitrogen and oxygen atoms in total. The molecule has 0 spiro atoms. The van der Waals surface area contributed by atoms with Gasteiger partial charge in [-0.3, -0.25) is 14.7 Å². The number of benzene rings is 1. The second-order valence-electron chi connectivity index (χ2n) is 9.62. The number of carbonyl (C=O) groups is 2. The number of halogens is 1. The van der Waals surface area contributed by atoms with Crippen molar-refractivity contribution >= 4 is 51.6 Å². The van der Waals surface area contributed by atoms with Gasteiger partial charge >= 0.3 is 6.03 Å². The number of urea groups is 1. The maximum Gasteiger partial charge on any atom is 0.319 e. The quantitative estimate of drug-likeness (QED) is 0.395. The van der Waals surface area contributed by atoms with Crippen LogP contribution in [0.1, 0.15) is 32.0 Å². The van der Waals surface area contributed by atoms with E-state index in [1.807, 2.05) is 64.0 Å². The minimum atomic E-state index is -0.615. The summed E-state index contributed by atoms with van der Waals surface area (Å²) < 4.78 is 3.04. The Morgan fingerprint density at radius 2 is 1.79 bits per heavy atom. The van der Waals surface area contributed by atoms with Crippen LogP contribution < -0.4 is 15.4 Å². The Balaban J connectivity index is 1.58. The van der Waals surface area contributed by atoms with Crippen LogP contribution >= 0.6 is 33.9 Å². The van der Waals surface area contributed by atoms with E-state index in [0.717, 1.165) is 28.9 Å². The van der Waals surface area contributed by atoms with Gasteiger partial charge in [-0.05, 0) is 23.1 Å². The smallest absolute Gasteiger partial charge is 0.319 e. The molecule has 1 atom stereocenters. The van der Waals surface area contributed by atoms with E-state index < -0.39 is 11.5 Å². The van der Waals surface area contributed by atoms with E-state index in [-0.39, 0.29) is 11.9 Å². The van der Waals surface area contributed by atoms with Gasteiger partial charge in [0.2, 0.25) is 5.91 Å². The topological polar surface area (TPSA) is 82.0 Å². The third-order valence-electron chi connectivity index (χ3n) is 6.03. The number of thiazole rings is 1. The largest absolute Gasteiger partial charge is 0.338 e. The monoisotopic (exact) mass is 598 g/mol. The summed E-state index contributed by atoms with van der Waals surface area (Å²) in [7, 11) is 3.85. The van der Waals surface area contributed by atoms with E-state index in [4.69, 9.17) is 0 Å². The van der Waals surface area contributed by atoms with Gasteiger partial charge < -0.3 is 20.1 Å². The number of hydrogen-bond acceptors (Lipinski definition) is 5. The molecule has 1 aliphatic rings. The summed E-state index contributed by atoms with van der Waals surface area (Å²) in [5.41, 5.74) is 2.71. The molecule has 1 fully saturated rings. The van der Waals surface area contributed by atoms with Gasteiger partial charge in [-0.15, -0.1) is 11.3 Å². The van der Waals surface area contributed by atoms with Crippen LogP contribution in [0.4, 0.5) is 10.5 Å². The molecule has 1 saturated heterocycles. The third kappa shape index (κ3) is 6.82. The van der Waals surface area contributed by atoms with Crippen molar-refractivity contribution in [3.05, 3.63) is 45.7 Å². The first-order valence-electron chi connectivity index (χ1n) is 11.4. The van der Waals surface area contributed by atoms with E-state index in [0.29, 0.717) is 18.8 Å². The summed E-state index contributed by atoms with van der Waals surface area (Å²) in [5.74, 6) is -0.0317. The molecule has 0 bridgehead atoms. The Morgan fingerprint density at radius 1 is 1.15 bits per heavy atom. The Labute approximate surface area is 219 Å². The van der Waals surface area contributed by atoms with Crippen molar-refractivity contribution < 1.29 is 9.59 Å². The Bertz CT molecular complexity index is 1050. The number of nitrogens with one attached hydrogen (secondary N) is 2. The molecule has 0 radical (unpaired) electrons. The molecular weight excluding hydrogens is 563 g/mol. The van der Waals surface area contributed by atoms with E-state index in [1.54, 1.807) is 11.3 Å². The van der Waals surface area contributed by atoms with Gasteiger partial charge in [0.25, 0.3) is 0 Å². The summed E-state index contributed by atoms with van der Waals surface area (Å²) >= 11 is 3.95. The molecule has 0 saturated carbocycles. The fourth-order valence-corrected chi connectivity index (χ4v) is 5.27. The van der Waals surface area contributed by atoms with Crippen LogP contribution in [0.15, 0.2) is 34.6 Å². The number of nitrogens with zero attached hydrogens (tertiary/aromatic N) is 4. The van der Waals surface area contributed by atoms with Crippen LogP contribution in [0, 0.1) is 5.41 Å². The van der Waals surface area contributed by atoms with Crippen LogP contribution in [0.25, 0.3) is 0 Å². The number of alkyl halides is 1. The van der Waals surface area contributed by atoms with E-state index in [9.17, 15) is 9.59 Å². The number of amides is 3. The number of piperazine rings is 1. The first kappa shape index (κ1) is 26.7. The van der Waals surface area contributed by atoms with Gasteiger partial charge in [-0.2, -0.15) is 0 Å². The minimum absolute atomic E-state index is 0.0317. The predicted octanol–water partition coefficient (Wildman–Crippen LogP) is 3.43. The highest BCUT2D eigenvalue weighted by Gasteiger charge is 2.36. The third-order valence-corrected chi connectivity index (χ3v) is 7.97. The fraction of sp³-hybridized carbons (Fsp3) is 0.542. The van der Waals surface area contributed by atoms with Gasteiger partial charge in [0, 0.05) is 68.0 Å². The Morgan fingerprint density at radius 3 is 2.32 bits per heavy atom. The molecular formula is C24H35IN6O2S. The zero-order valence-corrected chi connectivity index (χ0v) is 23.6. The number of carbonyl (C=O) groups excluding carboxylic acids is 2. The zero-order valence-electron chi connectivity index (χ0n) is 20.6. The summed E-state index contributed by atoms with van der Waals surface area (Å²) in [6.45, 7) is 9.66. The summed E-state index contributed by atoms with van der Waals surface area (Å²) in [4.78, 5) is 35.7. The molecule has 1 aromatic carbocycles. The van der Waals surface area contributed by atoms with Gasteiger partial charge in [-0.25, -0.2) is 4.79 Å². The maximum atomic E-state index is 13.4. The van der Waals surface area contributed by atoms with Crippen molar-refractivity contribution in [3.63, 3.8) is 0 Å². The predicted molar refractivity (Wildman–Crippen MR) is 146 cm³/mol. The number of anilines is 1. The van der Waals surface area contributed by atoms with Crippen LogP contribution in [-0.4, -0.2) is 65.6 Å². The lowest BCUT2D eigenvalue weighted by atomic mass is 9.85. The lowest BCUT2D eigenvalue weighted by Gasteiger charge is -2.39. The van der Waals surface area contributed by atoms with Crippen molar-refractivity contribution in [2.45, 2.75) is 37.8 Å². The molecule has 2 aromatic rings. The molecule has 34 heavy (non-hydrogen) atoms. The maximum absolute atomic E-state index is 13.4. The molecule has 0 aliphatic carbocycles. The highest BCUT2D eigenvalue weighted by atomic mass is 127. The molecule has 1 aliphatic heterocycles. The second-order valence-corrected chi connectivity index (χ2v) is 11.2. The average Bonchev–Trinajstić information content (AvgIpc) is 3.16. The van der Waals surface area contributed by atoms with Gasteiger partial charge in [0.1, 0.15) is 6.04 Å². The number of hydrogen-bond donors (Lipinski definition) is 2. The summed E-state index contributed by atoms with van der Waals surface area (Å²) in [6.07, 6.45) is 0. The minimum Gasteiger partial charge on any atom is -0.338 e. The highest BCUT2D eigenvalue weighted by molar-refractivity contribution is 14.1. The lowest BCUT2D eigenvalue weighted by Crippen LogP contribution is -2.59. The van der Waals surface area contributed by atoms with E-state index in [2.05, 4.69) is 53.1 Å². The molecule has 3 rings (SSSR count). The standard InChI is InChI=1S/C24H35IN6O2S/c1-24(2,3)20(28-22(33)27-18-8-6-17(14-25)7-9-18)21(32)31-12-10-30(11-13-31)15-19-16-34-23(26-4)29(19)5/h6-9,16,20H,10-15H2,1-5H3,(H2,27,28,33)/t20-/m0/s1. The van der Waals surface area contributed by atoms with Gasteiger partial charge in [0.05, 0.1) is 0 Å². The van der Waals surface area contributed by atoms with Crippen molar-refractivity contribution in [2.24, 2.45) is 17.5 Å². The molecule has 1 aromatic heterocycles. The molecule has 2 heterocycles. The summed E-state index contributed by atoms with van der Waals surface area (Å²) in [5, 5.41) is 7.94. The van der Waals surface area contributed by atoms with Gasteiger partial charge in [-0.1, -0.05) is 55.5 Å². The van der Waals surface area contributed by atoms with Crippen molar-refractivity contribution in [1.29, 1.82) is 0 Å². The molecule has 2 N–H and O–H groups in total. The van der Waals surface area contributed by atoms with Crippen LogP contribution in [0.2, 0.25) is 0 Å². The Hall–Kier alpha value is -1.92. The summed E-state index contributed by atoms with van der Waals surface area (Å²) in [6, 6.07) is 6.76. The van der Waals surface area contributed by atoms with Crippen molar-refractivity contribution in [3.8, 4) is 0 Å². The second kappa shape index (κ2) is 11.7. The zero-order chi connectivity index (χ0) is 24.9. The number of rotatable bonds is 6. The Kier molecular flexibility index (Phi) is 9.16. The first-order chi connectivity index (χ1) is 16.1. The normalized spacial score (nSPS) is 16.4.